The van der Waals surface area contributed by atoms with Crippen LogP contribution in [0.15, 0.2) is 18.2 Å². The number of carbonyl (C=O) groups is 1. The van der Waals surface area contributed by atoms with Gasteiger partial charge in [-0.3, -0.25) is 0 Å². The molecule has 2 atom stereocenters. The summed E-state index contributed by atoms with van der Waals surface area (Å²) in [5.74, 6) is 0. The Labute approximate surface area is 146 Å². The number of alkyl carbamates (subject to hydrolysis) is 1. The van der Waals surface area contributed by atoms with E-state index in [0.717, 1.165) is 0 Å². The van der Waals surface area contributed by atoms with Crippen molar-refractivity contribution in [3.63, 3.8) is 0 Å². The summed E-state index contributed by atoms with van der Waals surface area (Å²) in [4.78, 5) is 11.9. The van der Waals surface area contributed by atoms with E-state index in [1.54, 1.807) is 20.8 Å². The molecule has 0 spiro atoms. The van der Waals surface area contributed by atoms with Gasteiger partial charge in [0.25, 0.3) is 0 Å². The number of ether oxygens (including phenoxy) is 1. The Morgan fingerprint density at radius 2 is 1.42 bits per heavy atom. The van der Waals surface area contributed by atoms with Crippen LogP contribution in [-0.2, 0) is 17.1 Å². The first-order valence-corrected chi connectivity index (χ1v) is 7.55. The average Bonchev–Trinajstić information content (AvgIpc) is 2.40. The first kappa shape index (κ1) is 22.1. The molecule has 148 valence electrons. The topological polar surface area (TPSA) is 64.3 Å². The van der Waals surface area contributed by atoms with E-state index in [9.17, 15) is 31.1 Å². The molecule has 0 heterocycles. The Morgan fingerprint density at radius 1 is 1.00 bits per heavy atom. The zero-order valence-electron chi connectivity index (χ0n) is 14.5. The highest BCUT2D eigenvalue weighted by atomic mass is 19.4. The molecule has 1 aromatic rings. The lowest BCUT2D eigenvalue weighted by molar-refractivity contribution is -0.143. The van der Waals surface area contributed by atoms with Crippen molar-refractivity contribution in [2.24, 2.45) is 5.73 Å². The van der Waals surface area contributed by atoms with Crippen molar-refractivity contribution < 1.29 is 35.9 Å². The number of halogens is 6. The second-order valence-corrected chi connectivity index (χ2v) is 6.82. The van der Waals surface area contributed by atoms with Gasteiger partial charge in [0, 0.05) is 6.04 Å². The third-order valence-electron chi connectivity index (χ3n) is 3.17. The zero-order chi connectivity index (χ0) is 20.5. The van der Waals surface area contributed by atoms with Crippen molar-refractivity contribution in [2.45, 2.75) is 57.7 Å². The molecule has 1 amide bonds. The molecule has 0 radical (unpaired) electrons. The van der Waals surface area contributed by atoms with Crippen LogP contribution in [0.4, 0.5) is 31.1 Å². The van der Waals surface area contributed by atoms with Crippen LogP contribution >= 0.6 is 0 Å². The highest BCUT2D eigenvalue weighted by molar-refractivity contribution is 5.68. The summed E-state index contributed by atoms with van der Waals surface area (Å²) in [6.07, 6.45) is -11.0. The van der Waals surface area contributed by atoms with Crippen molar-refractivity contribution in [2.75, 3.05) is 0 Å². The summed E-state index contributed by atoms with van der Waals surface area (Å²) in [5, 5.41) is 2.23. The molecule has 0 aliphatic carbocycles. The van der Waals surface area contributed by atoms with Gasteiger partial charge in [-0.1, -0.05) is 0 Å². The predicted molar refractivity (Wildman–Crippen MR) is 82.2 cm³/mol. The van der Waals surface area contributed by atoms with Crippen LogP contribution in [0, 0.1) is 0 Å². The Kier molecular flexibility index (Phi) is 6.23. The summed E-state index contributed by atoms with van der Waals surface area (Å²) in [6.45, 7) is 6.01. The van der Waals surface area contributed by atoms with Crippen LogP contribution in [0.2, 0.25) is 0 Å². The van der Waals surface area contributed by atoms with E-state index in [-0.39, 0.29) is 6.07 Å². The average molecular weight is 386 g/mol. The maximum atomic E-state index is 13.0. The fourth-order valence-corrected chi connectivity index (χ4v) is 2.11. The Morgan fingerprint density at radius 3 is 1.73 bits per heavy atom. The van der Waals surface area contributed by atoms with Crippen LogP contribution in [0.25, 0.3) is 0 Å². The molecular weight excluding hydrogens is 366 g/mol. The van der Waals surface area contributed by atoms with Gasteiger partial charge in [-0.15, -0.1) is 0 Å². The van der Waals surface area contributed by atoms with Crippen LogP contribution in [0.5, 0.6) is 0 Å². The normalized spacial score (nSPS) is 15.3. The predicted octanol–water partition coefficient (Wildman–Crippen LogP) is 4.64. The zero-order valence-corrected chi connectivity index (χ0v) is 14.5. The lowest BCUT2D eigenvalue weighted by atomic mass is 9.96. The van der Waals surface area contributed by atoms with Gasteiger partial charge < -0.3 is 15.8 Å². The minimum Gasteiger partial charge on any atom is -0.444 e. The van der Waals surface area contributed by atoms with Gasteiger partial charge in [-0.05, 0) is 51.5 Å². The summed E-state index contributed by atoms with van der Waals surface area (Å²) in [6, 6.07) is -1.23. The minimum atomic E-state index is -5.00. The van der Waals surface area contributed by atoms with E-state index in [4.69, 9.17) is 10.5 Å². The Bertz CT molecular complexity index is 615. The molecule has 1 aromatic carbocycles. The molecule has 0 fully saturated rings. The molecule has 26 heavy (non-hydrogen) atoms. The fourth-order valence-electron chi connectivity index (χ4n) is 2.11. The number of alkyl halides is 6. The van der Waals surface area contributed by atoms with Gasteiger partial charge in [0.15, 0.2) is 0 Å². The molecule has 0 bridgehead atoms. The highest BCUT2D eigenvalue weighted by Crippen LogP contribution is 2.37. The molecule has 2 unspecified atom stereocenters. The van der Waals surface area contributed by atoms with Crippen LogP contribution in [0.1, 0.15) is 50.4 Å². The summed E-state index contributed by atoms with van der Waals surface area (Å²) in [7, 11) is 0. The molecule has 0 saturated carbocycles. The molecule has 3 N–H and O–H groups in total. The first-order valence-electron chi connectivity index (χ1n) is 7.55. The number of hydrogen-bond donors (Lipinski definition) is 2. The largest absolute Gasteiger partial charge is 0.444 e. The molecule has 0 aromatic heterocycles. The summed E-state index contributed by atoms with van der Waals surface area (Å²) < 4.78 is 82.8. The number of benzene rings is 1. The molecular formula is C16H20F6N2O2. The van der Waals surface area contributed by atoms with E-state index < -0.39 is 52.8 Å². The van der Waals surface area contributed by atoms with E-state index in [1.807, 2.05) is 0 Å². The van der Waals surface area contributed by atoms with E-state index >= 15 is 0 Å². The number of carbonyl (C=O) groups excluding carboxylic acids is 1. The van der Waals surface area contributed by atoms with Crippen molar-refractivity contribution in [3.05, 3.63) is 34.9 Å². The quantitative estimate of drug-likeness (QED) is 0.744. The first-order chi connectivity index (χ1) is 11.5. The number of nitrogens with one attached hydrogen (secondary N) is 1. The van der Waals surface area contributed by atoms with Gasteiger partial charge in [-0.25, -0.2) is 4.79 Å². The van der Waals surface area contributed by atoms with E-state index in [1.165, 1.54) is 6.92 Å². The molecule has 1 rings (SSSR count). The van der Waals surface area contributed by atoms with Crippen LogP contribution in [0.3, 0.4) is 0 Å². The third kappa shape index (κ3) is 6.40. The number of rotatable bonds is 3. The fraction of sp³-hybridized carbons (Fsp3) is 0.562. The smallest absolute Gasteiger partial charge is 0.416 e. The number of nitrogens with two attached hydrogens (primary N) is 1. The van der Waals surface area contributed by atoms with Crippen molar-refractivity contribution >= 4 is 6.09 Å². The van der Waals surface area contributed by atoms with Gasteiger partial charge in [-0.2, -0.15) is 26.3 Å². The van der Waals surface area contributed by atoms with Gasteiger partial charge >= 0.3 is 18.4 Å². The second-order valence-electron chi connectivity index (χ2n) is 6.82. The van der Waals surface area contributed by atoms with Crippen molar-refractivity contribution in [1.82, 2.24) is 5.32 Å². The van der Waals surface area contributed by atoms with Crippen molar-refractivity contribution in [1.29, 1.82) is 0 Å². The molecule has 10 heteroatoms. The highest BCUT2D eigenvalue weighted by Gasteiger charge is 2.38. The lowest BCUT2D eigenvalue weighted by Crippen LogP contribution is -2.42. The van der Waals surface area contributed by atoms with Gasteiger partial charge in [0.1, 0.15) is 5.60 Å². The SMILES string of the molecule is CC(N)C(NC(=O)OC(C)(C)C)c1cc(C(F)(F)F)cc(C(F)(F)F)c1. The van der Waals surface area contributed by atoms with Gasteiger partial charge in [0.05, 0.1) is 17.2 Å². The monoisotopic (exact) mass is 386 g/mol. The molecule has 4 nitrogen and oxygen atoms in total. The molecule has 0 saturated heterocycles. The Hall–Kier alpha value is -1.97. The lowest BCUT2D eigenvalue weighted by Gasteiger charge is -2.27. The van der Waals surface area contributed by atoms with Crippen LogP contribution in [-0.4, -0.2) is 17.7 Å². The Balaban J connectivity index is 3.36. The number of hydrogen-bond acceptors (Lipinski definition) is 3. The molecule has 0 aliphatic rings. The maximum absolute atomic E-state index is 13.0. The minimum absolute atomic E-state index is 0.00915. The summed E-state index contributed by atoms with van der Waals surface area (Å²) in [5.41, 5.74) is 1.36. The molecule has 0 aliphatic heterocycles. The van der Waals surface area contributed by atoms with Crippen molar-refractivity contribution in [3.8, 4) is 0 Å². The number of amides is 1. The standard InChI is InChI=1S/C16H20F6N2O2/c1-8(23)12(24-13(25)26-14(2,3)4)9-5-10(15(17,18)19)7-11(6-9)16(20,21)22/h5-8,12H,23H2,1-4H3,(H,24,25). The maximum Gasteiger partial charge on any atom is 0.416 e. The summed E-state index contributed by atoms with van der Waals surface area (Å²) >= 11 is 0. The van der Waals surface area contributed by atoms with Crippen LogP contribution < -0.4 is 11.1 Å². The van der Waals surface area contributed by atoms with E-state index in [0.29, 0.717) is 12.1 Å². The third-order valence-corrected chi connectivity index (χ3v) is 3.17. The van der Waals surface area contributed by atoms with Gasteiger partial charge in [0.2, 0.25) is 0 Å². The second kappa shape index (κ2) is 7.34. The van der Waals surface area contributed by atoms with E-state index in [2.05, 4.69) is 5.32 Å².